The van der Waals surface area contributed by atoms with Gasteiger partial charge < -0.3 is 19.5 Å². The summed E-state index contributed by atoms with van der Waals surface area (Å²) in [4.78, 5) is 25.5. The Balaban J connectivity index is 1.95. The van der Waals surface area contributed by atoms with Crippen LogP contribution in [0.5, 0.6) is 0 Å². The van der Waals surface area contributed by atoms with Gasteiger partial charge in [-0.05, 0) is 46.5 Å². The molecule has 1 spiro atoms. The van der Waals surface area contributed by atoms with Gasteiger partial charge in [-0.25, -0.2) is 4.79 Å². The van der Waals surface area contributed by atoms with Crippen LogP contribution in [-0.4, -0.2) is 54.0 Å². The number of hydrogen-bond donors (Lipinski definition) is 1. The number of ether oxygens (including phenoxy) is 2. The first kappa shape index (κ1) is 17.1. The molecule has 1 saturated carbocycles. The van der Waals surface area contributed by atoms with Crippen molar-refractivity contribution in [3.05, 3.63) is 0 Å². The quantitative estimate of drug-likeness (QED) is 0.749. The maximum absolute atomic E-state index is 12.1. The minimum atomic E-state index is -0.680. The van der Waals surface area contributed by atoms with Crippen LogP contribution >= 0.6 is 0 Å². The first-order valence-corrected chi connectivity index (χ1v) is 7.92. The van der Waals surface area contributed by atoms with Crippen LogP contribution in [0.2, 0.25) is 0 Å². The fourth-order valence-electron chi connectivity index (χ4n) is 3.58. The molecule has 1 N–H and O–H groups in total. The highest BCUT2D eigenvalue weighted by Gasteiger charge is 2.52. The van der Waals surface area contributed by atoms with Gasteiger partial charge in [0.15, 0.2) is 0 Å². The highest BCUT2D eigenvalue weighted by molar-refractivity contribution is 5.73. The molecule has 2 atom stereocenters. The largest absolute Gasteiger partial charge is 0.469 e. The third-order valence-corrected chi connectivity index (χ3v) is 4.88. The Morgan fingerprint density at radius 1 is 1.18 bits per heavy atom. The molecule has 0 aromatic carbocycles. The van der Waals surface area contributed by atoms with Crippen molar-refractivity contribution < 1.29 is 24.2 Å². The number of piperidine rings is 1. The number of aliphatic hydroxyl groups excluding tert-OH is 1. The SMILES string of the molecule is COC(=O)[C@H]1CCC2(CCN(C(=O)OC(C)(C)C)CC2)[C@H]1O. The first-order chi connectivity index (χ1) is 10.2. The van der Waals surface area contributed by atoms with Crippen molar-refractivity contribution in [1.82, 2.24) is 4.90 Å². The lowest BCUT2D eigenvalue weighted by molar-refractivity contribution is -0.150. The Morgan fingerprint density at radius 2 is 1.77 bits per heavy atom. The van der Waals surface area contributed by atoms with Gasteiger partial charge in [0.05, 0.1) is 19.1 Å². The standard InChI is InChI=1S/C16H27NO5/c1-15(2,3)22-14(20)17-9-7-16(8-10-17)6-5-11(12(16)18)13(19)21-4/h11-12,18H,5-10H2,1-4H3/t11-,12-/m0/s1. The number of rotatable bonds is 1. The Labute approximate surface area is 131 Å². The number of amides is 1. The third kappa shape index (κ3) is 3.37. The monoisotopic (exact) mass is 313 g/mol. The molecule has 0 aromatic rings. The maximum Gasteiger partial charge on any atom is 0.410 e. The number of esters is 1. The van der Waals surface area contributed by atoms with E-state index in [1.807, 2.05) is 20.8 Å². The molecule has 22 heavy (non-hydrogen) atoms. The highest BCUT2D eigenvalue weighted by Crippen LogP contribution is 2.49. The number of hydrogen-bond acceptors (Lipinski definition) is 5. The van der Waals surface area contributed by atoms with Crippen LogP contribution in [0.1, 0.15) is 46.5 Å². The van der Waals surface area contributed by atoms with Crippen LogP contribution in [0.25, 0.3) is 0 Å². The minimum absolute atomic E-state index is 0.266. The topological polar surface area (TPSA) is 76.1 Å². The van der Waals surface area contributed by atoms with Gasteiger partial charge in [-0.15, -0.1) is 0 Å². The van der Waals surface area contributed by atoms with Crippen molar-refractivity contribution in [2.45, 2.75) is 58.2 Å². The minimum Gasteiger partial charge on any atom is -0.469 e. The van der Waals surface area contributed by atoms with Crippen molar-refractivity contribution in [2.24, 2.45) is 11.3 Å². The van der Waals surface area contributed by atoms with Gasteiger partial charge in [-0.2, -0.15) is 0 Å². The lowest BCUT2D eigenvalue weighted by Gasteiger charge is -2.42. The fraction of sp³-hybridized carbons (Fsp3) is 0.875. The summed E-state index contributed by atoms with van der Waals surface area (Å²) in [5, 5.41) is 10.5. The van der Waals surface area contributed by atoms with Crippen LogP contribution in [-0.2, 0) is 14.3 Å². The van der Waals surface area contributed by atoms with E-state index in [9.17, 15) is 14.7 Å². The molecule has 0 radical (unpaired) electrons. The van der Waals surface area contributed by atoms with Crippen LogP contribution in [0.15, 0.2) is 0 Å². The second kappa shape index (κ2) is 6.07. The fourth-order valence-corrected chi connectivity index (χ4v) is 3.58. The van der Waals surface area contributed by atoms with E-state index in [1.54, 1.807) is 4.90 Å². The lowest BCUT2D eigenvalue weighted by atomic mass is 9.74. The summed E-state index contributed by atoms with van der Waals surface area (Å²) in [6.07, 6.45) is 1.86. The van der Waals surface area contributed by atoms with E-state index in [4.69, 9.17) is 9.47 Å². The van der Waals surface area contributed by atoms with Crippen molar-refractivity contribution in [3.63, 3.8) is 0 Å². The summed E-state index contributed by atoms with van der Waals surface area (Å²) in [5.41, 5.74) is -0.771. The van der Waals surface area contributed by atoms with Gasteiger partial charge in [-0.3, -0.25) is 4.79 Å². The highest BCUT2D eigenvalue weighted by atomic mass is 16.6. The molecule has 0 bridgehead atoms. The molecule has 2 fully saturated rings. The number of nitrogens with zero attached hydrogens (tertiary/aromatic N) is 1. The van der Waals surface area contributed by atoms with E-state index in [1.165, 1.54) is 7.11 Å². The van der Waals surface area contributed by atoms with E-state index in [-0.39, 0.29) is 17.5 Å². The van der Waals surface area contributed by atoms with Crippen molar-refractivity contribution in [1.29, 1.82) is 0 Å². The molecule has 0 aromatic heterocycles. The van der Waals surface area contributed by atoms with E-state index in [2.05, 4.69) is 0 Å². The van der Waals surface area contributed by atoms with Crippen LogP contribution < -0.4 is 0 Å². The summed E-state index contributed by atoms with van der Waals surface area (Å²) >= 11 is 0. The van der Waals surface area contributed by atoms with Gasteiger partial charge in [-0.1, -0.05) is 0 Å². The molecule has 2 aliphatic rings. The molecule has 1 saturated heterocycles. The average Bonchev–Trinajstić information content (AvgIpc) is 2.74. The molecular weight excluding hydrogens is 286 g/mol. The zero-order chi connectivity index (χ0) is 16.5. The van der Waals surface area contributed by atoms with Crippen molar-refractivity contribution in [2.75, 3.05) is 20.2 Å². The molecular formula is C16H27NO5. The number of methoxy groups -OCH3 is 1. The molecule has 1 heterocycles. The molecule has 2 rings (SSSR count). The Kier molecular flexibility index (Phi) is 4.70. The zero-order valence-electron chi connectivity index (χ0n) is 13.9. The Bertz CT molecular complexity index is 434. The number of carbonyl (C=O) groups excluding carboxylic acids is 2. The second-order valence-corrected chi connectivity index (χ2v) is 7.44. The smallest absolute Gasteiger partial charge is 0.410 e. The summed E-state index contributed by atoms with van der Waals surface area (Å²) < 4.78 is 10.2. The predicted molar refractivity (Wildman–Crippen MR) is 80.2 cm³/mol. The summed E-state index contributed by atoms with van der Waals surface area (Å²) in [6, 6.07) is 0. The molecule has 0 unspecified atom stereocenters. The van der Waals surface area contributed by atoms with Gasteiger partial charge in [0.1, 0.15) is 5.60 Å². The molecule has 1 aliphatic heterocycles. The predicted octanol–water partition coefficient (Wildman–Crippen LogP) is 1.95. The van der Waals surface area contributed by atoms with E-state index in [0.717, 1.165) is 6.42 Å². The maximum atomic E-state index is 12.1. The number of aliphatic hydroxyl groups is 1. The molecule has 126 valence electrons. The molecule has 1 amide bonds. The lowest BCUT2D eigenvalue weighted by Crippen LogP contribution is -2.48. The third-order valence-electron chi connectivity index (χ3n) is 4.88. The van der Waals surface area contributed by atoms with Crippen LogP contribution in [0.3, 0.4) is 0 Å². The Hall–Kier alpha value is -1.30. The van der Waals surface area contributed by atoms with E-state index in [0.29, 0.717) is 32.4 Å². The van der Waals surface area contributed by atoms with Gasteiger partial charge in [0, 0.05) is 18.5 Å². The first-order valence-electron chi connectivity index (χ1n) is 7.92. The Morgan fingerprint density at radius 3 is 2.27 bits per heavy atom. The van der Waals surface area contributed by atoms with Gasteiger partial charge >= 0.3 is 12.1 Å². The van der Waals surface area contributed by atoms with Crippen molar-refractivity contribution >= 4 is 12.1 Å². The van der Waals surface area contributed by atoms with E-state index >= 15 is 0 Å². The van der Waals surface area contributed by atoms with Crippen LogP contribution in [0, 0.1) is 11.3 Å². The summed E-state index contributed by atoms with van der Waals surface area (Å²) in [5.74, 6) is -0.767. The van der Waals surface area contributed by atoms with Gasteiger partial charge in [0.2, 0.25) is 0 Å². The number of carbonyl (C=O) groups is 2. The van der Waals surface area contributed by atoms with E-state index < -0.39 is 17.6 Å². The number of likely N-dealkylation sites (tertiary alicyclic amines) is 1. The second-order valence-electron chi connectivity index (χ2n) is 7.44. The summed E-state index contributed by atoms with van der Waals surface area (Å²) in [6.45, 7) is 6.65. The van der Waals surface area contributed by atoms with Crippen molar-refractivity contribution in [3.8, 4) is 0 Å². The molecule has 6 nitrogen and oxygen atoms in total. The normalized spacial score (nSPS) is 27.8. The summed E-state index contributed by atoms with van der Waals surface area (Å²) in [7, 11) is 1.35. The molecule has 1 aliphatic carbocycles. The van der Waals surface area contributed by atoms with Gasteiger partial charge in [0.25, 0.3) is 0 Å². The zero-order valence-corrected chi connectivity index (χ0v) is 13.9. The average molecular weight is 313 g/mol. The van der Waals surface area contributed by atoms with Crippen LogP contribution in [0.4, 0.5) is 4.79 Å². The molecule has 6 heteroatoms.